The molecule has 3 heterocycles. The van der Waals surface area contributed by atoms with Crippen molar-refractivity contribution in [2.24, 2.45) is 11.8 Å². The zero-order valence-corrected chi connectivity index (χ0v) is 18.9. The zero-order chi connectivity index (χ0) is 22.7. The van der Waals surface area contributed by atoms with Crippen molar-refractivity contribution in [3.8, 4) is 0 Å². The summed E-state index contributed by atoms with van der Waals surface area (Å²) in [5, 5.41) is 8.43. The molecule has 0 aromatic heterocycles. The molecule has 166 valence electrons. The topological polar surface area (TPSA) is 78.5 Å². The number of hydrogen-bond acceptors (Lipinski definition) is 5. The second kappa shape index (κ2) is 7.43. The first-order valence-corrected chi connectivity index (χ1v) is 12.5. The molecular formula is C26H23N3O3S. The van der Waals surface area contributed by atoms with Crippen molar-refractivity contribution in [2.75, 3.05) is 22.2 Å². The van der Waals surface area contributed by atoms with Crippen molar-refractivity contribution in [3.05, 3.63) is 72.3 Å². The van der Waals surface area contributed by atoms with Crippen LogP contribution in [-0.2, 0) is 19.9 Å². The smallest absolute Gasteiger partial charge is 0.250 e. The van der Waals surface area contributed by atoms with E-state index < -0.39 is 17.4 Å². The Hall–Kier alpha value is -3.16. The number of rotatable bonds is 4. The standard InChI is InChI=1S/C26H23N3O3S/c1-33-13-12-20-21-22(26(28-20)18-8-4-5-9-19(18)27-25(26)32)24(31)29(23(21)30)17-11-10-15-6-2-3-7-16(15)14-17/h2-11,14,20-22,28H,12-13H2,1H3,(H,27,32)/t20-,21-,22-,26+/m1/s1. The second-order valence-corrected chi connectivity index (χ2v) is 9.87. The number of para-hydroxylation sites is 1. The van der Waals surface area contributed by atoms with Crippen LogP contribution in [0.1, 0.15) is 12.0 Å². The summed E-state index contributed by atoms with van der Waals surface area (Å²) in [4.78, 5) is 42.5. The van der Waals surface area contributed by atoms with E-state index in [1.54, 1.807) is 11.8 Å². The van der Waals surface area contributed by atoms with E-state index in [4.69, 9.17) is 0 Å². The largest absolute Gasteiger partial charge is 0.324 e. The highest BCUT2D eigenvalue weighted by molar-refractivity contribution is 7.98. The normalized spacial score (nSPS) is 28.0. The van der Waals surface area contributed by atoms with Crippen molar-refractivity contribution < 1.29 is 14.4 Å². The number of carbonyl (C=O) groups excluding carboxylic acids is 3. The van der Waals surface area contributed by atoms with Gasteiger partial charge in [-0.3, -0.25) is 19.7 Å². The number of nitrogens with zero attached hydrogens (tertiary/aromatic N) is 1. The zero-order valence-electron chi connectivity index (χ0n) is 18.1. The maximum absolute atomic E-state index is 13.9. The second-order valence-electron chi connectivity index (χ2n) is 8.89. The molecule has 2 N–H and O–H groups in total. The Balaban J connectivity index is 1.49. The highest BCUT2D eigenvalue weighted by atomic mass is 32.2. The summed E-state index contributed by atoms with van der Waals surface area (Å²) in [5.74, 6) is -1.34. The molecule has 3 aliphatic heterocycles. The van der Waals surface area contributed by atoms with E-state index in [-0.39, 0.29) is 23.8 Å². The molecule has 3 aromatic rings. The first kappa shape index (κ1) is 20.4. The van der Waals surface area contributed by atoms with Crippen molar-refractivity contribution in [3.63, 3.8) is 0 Å². The van der Waals surface area contributed by atoms with Crippen molar-refractivity contribution in [1.29, 1.82) is 0 Å². The van der Waals surface area contributed by atoms with Gasteiger partial charge < -0.3 is 5.32 Å². The number of imide groups is 1. The van der Waals surface area contributed by atoms with Crippen LogP contribution in [-0.4, -0.2) is 35.8 Å². The average molecular weight is 458 g/mol. The molecule has 3 amide bonds. The van der Waals surface area contributed by atoms with Crippen LogP contribution in [0.4, 0.5) is 11.4 Å². The van der Waals surface area contributed by atoms with Gasteiger partial charge in [-0.1, -0.05) is 48.5 Å². The summed E-state index contributed by atoms with van der Waals surface area (Å²) in [7, 11) is 0. The fraction of sp³-hybridized carbons (Fsp3) is 0.269. The molecule has 0 radical (unpaired) electrons. The lowest BCUT2D eigenvalue weighted by Gasteiger charge is -2.29. The lowest BCUT2D eigenvalue weighted by atomic mass is 9.76. The van der Waals surface area contributed by atoms with E-state index in [0.717, 1.165) is 22.1 Å². The Morgan fingerprint density at radius 1 is 0.939 bits per heavy atom. The Bertz CT molecular complexity index is 1320. The van der Waals surface area contributed by atoms with E-state index in [1.807, 2.05) is 73.0 Å². The number of nitrogens with one attached hydrogen (secondary N) is 2. The van der Waals surface area contributed by atoms with Gasteiger partial charge in [0.15, 0.2) is 0 Å². The maximum atomic E-state index is 13.9. The van der Waals surface area contributed by atoms with Gasteiger partial charge in [-0.05, 0) is 47.4 Å². The average Bonchev–Trinajstić information content (AvgIpc) is 3.42. The lowest BCUT2D eigenvalue weighted by Crippen LogP contribution is -2.53. The highest BCUT2D eigenvalue weighted by Crippen LogP contribution is 2.54. The summed E-state index contributed by atoms with van der Waals surface area (Å²) >= 11 is 1.69. The van der Waals surface area contributed by atoms with Crippen LogP contribution < -0.4 is 15.5 Å². The van der Waals surface area contributed by atoms with Crippen LogP contribution >= 0.6 is 11.8 Å². The SMILES string of the molecule is CSCC[C@H]1N[C@]2(C(=O)Nc3ccccc32)[C@H]2C(=O)N(c3ccc4ccccc4c3)C(=O)[C@H]12. The molecule has 3 aromatic carbocycles. The Labute approximate surface area is 195 Å². The van der Waals surface area contributed by atoms with E-state index in [1.165, 1.54) is 4.90 Å². The number of thioether (sulfide) groups is 1. The van der Waals surface area contributed by atoms with Gasteiger partial charge in [0.2, 0.25) is 17.7 Å². The molecule has 33 heavy (non-hydrogen) atoms. The van der Waals surface area contributed by atoms with E-state index in [0.29, 0.717) is 17.8 Å². The molecule has 2 fully saturated rings. The minimum atomic E-state index is -1.23. The van der Waals surface area contributed by atoms with Crippen LogP contribution in [0, 0.1) is 11.8 Å². The van der Waals surface area contributed by atoms with Gasteiger partial charge in [0.05, 0.1) is 17.5 Å². The van der Waals surface area contributed by atoms with Gasteiger partial charge in [0.25, 0.3) is 0 Å². The van der Waals surface area contributed by atoms with E-state index in [9.17, 15) is 14.4 Å². The predicted octanol–water partition coefficient (Wildman–Crippen LogP) is 3.52. The maximum Gasteiger partial charge on any atom is 0.250 e. The van der Waals surface area contributed by atoms with Gasteiger partial charge in [-0.15, -0.1) is 0 Å². The minimum absolute atomic E-state index is 0.229. The van der Waals surface area contributed by atoms with Crippen LogP contribution in [0.5, 0.6) is 0 Å². The molecular weight excluding hydrogens is 434 g/mol. The number of hydrogen-bond donors (Lipinski definition) is 2. The van der Waals surface area contributed by atoms with Crippen LogP contribution in [0.15, 0.2) is 66.7 Å². The predicted molar refractivity (Wildman–Crippen MR) is 130 cm³/mol. The number of amides is 3. The summed E-state index contributed by atoms with van der Waals surface area (Å²) in [6, 6.07) is 20.7. The summed E-state index contributed by atoms with van der Waals surface area (Å²) in [6.07, 6.45) is 2.72. The van der Waals surface area contributed by atoms with Crippen LogP contribution in [0.2, 0.25) is 0 Å². The fourth-order valence-corrected chi connectivity index (χ4v) is 6.31. The molecule has 1 spiro atoms. The summed E-state index contributed by atoms with van der Waals surface area (Å²) in [6.45, 7) is 0. The monoisotopic (exact) mass is 457 g/mol. The molecule has 6 rings (SSSR count). The first-order valence-electron chi connectivity index (χ1n) is 11.1. The Kier molecular flexibility index (Phi) is 4.61. The molecule has 0 unspecified atom stereocenters. The van der Waals surface area contributed by atoms with Crippen molar-refractivity contribution in [2.45, 2.75) is 18.0 Å². The van der Waals surface area contributed by atoms with E-state index >= 15 is 0 Å². The number of fused-ring (bicyclic) bond motifs is 5. The first-order chi connectivity index (χ1) is 16.1. The van der Waals surface area contributed by atoms with Crippen LogP contribution in [0.25, 0.3) is 10.8 Å². The molecule has 4 atom stereocenters. The van der Waals surface area contributed by atoms with Gasteiger partial charge in [-0.2, -0.15) is 11.8 Å². The van der Waals surface area contributed by atoms with Crippen molar-refractivity contribution in [1.82, 2.24) is 5.32 Å². The van der Waals surface area contributed by atoms with E-state index in [2.05, 4.69) is 10.6 Å². The Morgan fingerprint density at radius 2 is 1.70 bits per heavy atom. The lowest BCUT2D eigenvalue weighted by molar-refractivity contribution is -0.130. The molecule has 0 bridgehead atoms. The third kappa shape index (κ3) is 2.75. The van der Waals surface area contributed by atoms with Gasteiger partial charge in [-0.25, -0.2) is 4.90 Å². The highest BCUT2D eigenvalue weighted by Gasteiger charge is 2.70. The Morgan fingerprint density at radius 3 is 2.52 bits per heavy atom. The number of anilines is 2. The molecule has 0 saturated carbocycles. The third-order valence-corrected chi connectivity index (χ3v) is 7.89. The molecule has 0 aliphatic carbocycles. The molecule has 2 saturated heterocycles. The number of benzene rings is 3. The van der Waals surface area contributed by atoms with Gasteiger partial charge in [0.1, 0.15) is 5.54 Å². The van der Waals surface area contributed by atoms with Gasteiger partial charge in [0, 0.05) is 17.3 Å². The quantitative estimate of drug-likeness (QED) is 0.586. The summed E-state index contributed by atoms with van der Waals surface area (Å²) in [5.41, 5.74) is 0.772. The summed E-state index contributed by atoms with van der Waals surface area (Å²) < 4.78 is 0. The molecule has 6 nitrogen and oxygen atoms in total. The van der Waals surface area contributed by atoms with Crippen LogP contribution in [0.3, 0.4) is 0 Å². The number of carbonyl (C=O) groups is 3. The minimum Gasteiger partial charge on any atom is -0.324 e. The fourth-order valence-electron chi connectivity index (χ4n) is 5.82. The van der Waals surface area contributed by atoms with Gasteiger partial charge >= 0.3 is 0 Å². The molecule has 3 aliphatic rings. The molecule has 7 heteroatoms. The van der Waals surface area contributed by atoms with Crippen molar-refractivity contribution >= 4 is 51.6 Å². The third-order valence-electron chi connectivity index (χ3n) is 7.25.